The van der Waals surface area contributed by atoms with Crippen LogP contribution in [0.3, 0.4) is 0 Å². The van der Waals surface area contributed by atoms with Gasteiger partial charge in [0.2, 0.25) is 5.91 Å². The van der Waals surface area contributed by atoms with Crippen molar-refractivity contribution in [3.05, 3.63) is 23.8 Å². The van der Waals surface area contributed by atoms with Crippen LogP contribution in [0, 0.1) is 5.92 Å². The third-order valence-corrected chi connectivity index (χ3v) is 5.67. The van der Waals surface area contributed by atoms with Crippen molar-refractivity contribution in [1.29, 1.82) is 0 Å². The van der Waals surface area contributed by atoms with Crippen LogP contribution in [0.25, 0.3) is 0 Å². The number of ether oxygens (including phenoxy) is 3. The van der Waals surface area contributed by atoms with Crippen LogP contribution < -0.4 is 14.8 Å². The highest BCUT2D eigenvalue weighted by Gasteiger charge is 2.28. The minimum atomic E-state index is -0.598. The van der Waals surface area contributed by atoms with Crippen molar-refractivity contribution in [1.82, 2.24) is 15.1 Å². The van der Waals surface area contributed by atoms with Crippen LogP contribution in [0.15, 0.2) is 18.2 Å². The second-order valence-electron chi connectivity index (χ2n) is 7.70. The van der Waals surface area contributed by atoms with Gasteiger partial charge in [-0.25, -0.2) is 4.79 Å². The Bertz CT molecular complexity index is 704. The van der Waals surface area contributed by atoms with Crippen molar-refractivity contribution >= 4 is 11.9 Å². The maximum absolute atomic E-state index is 12.5. The minimum absolute atomic E-state index is 0.0275. The second-order valence-corrected chi connectivity index (χ2v) is 7.70. The van der Waals surface area contributed by atoms with Crippen molar-refractivity contribution in [2.75, 3.05) is 54.1 Å². The van der Waals surface area contributed by atoms with E-state index in [-0.39, 0.29) is 18.4 Å². The molecule has 1 fully saturated rings. The number of esters is 1. The van der Waals surface area contributed by atoms with E-state index in [1.807, 2.05) is 32.0 Å². The predicted octanol–water partition coefficient (Wildman–Crippen LogP) is 1.53. The zero-order valence-electron chi connectivity index (χ0n) is 18.8. The highest BCUT2D eigenvalue weighted by Crippen LogP contribution is 2.28. The van der Waals surface area contributed by atoms with Gasteiger partial charge in [-0.15, -0.1) is 0 Å². The van der Waals surface area contributed by atoms with E-state index in [2.05, 4.69) is 15.1 Å². The van der Waals surface area contributed by atoms with Crippen molar-refractivity contribution in [3.8, 4) is 11.5 Å². The van der Waals surface area contributed by atoms with Crippen LogP contribution in [0.2, 0.25) is 0 Å². The van der Waals surface area contributed by atoms with Crippen LogP contribution in [0.5, 0.6) is 11.5 Å². The van der Waals surface area contributed by atoms with Crippen LogP contribution in [-0.2, 0) is 20.9 Å². The number of nitrogens with zero attached hydrogens (tertiary/aromatic N) is 2. The van der Waals surface area contributed by atoms with Gasteiger partial charge < -0.3 is 19.5 Å². The zero-order chi connectivity index (χ0) is 22.1. The molecule has 0 aliphatic carbocycles. The molecule has 8 nitrogen and oxygen atoms in total. The van der Waals surface area contributed by atoms with Crippen molar-refractivity contribution in [3.63, 3.8) is 0 Å². The Balaban J connectivity index is 1.82. The number of nitrogens with one attached hydrogen (secondary N) is 1. The highest BCUT2D eigenvalue weighted by atomic mass is 16.5. The predicted molar refractivity (Wildman–Crippen MR) is 115 cm³/mol. The number of carbonyl (C=O) groups is 2. The van der Waals surface area contributed by atoms with E-state index >= 15 is 0 Å². The standard InChI is InChI=1S/C22H35N3O5/c1-6-16(2)21(22(27)30-5)23-20(26)15-25-11-9-24(10-12-25)14-17-7-8-18(28-3)19(13-17)29-4/h7-8,13,16,21H,6,9-12,14-15H2,1-5H3,(H,23,26)/t16-,21-/m0/s1. The number of hydrogen-bond acceptors (Lipinski definition) is 7. The molecular formula is C22H35N3O5. The summed E-state index contributed by atoms with van der Waals surface area (Å²) in [7, 11) is 4.61. The van der Waals surface area contributed by atoms with Crippen LogP contribution >= 0.6 is 0 Å². The summed E-state index contributed by atoms with van der Waals surface area (Å²) < 4.78 is 15.5. The van der Waals surface area contributed by atoms with Gasteiger partial charge in [0.15, 0.2) is 11.5 Å². The first-order valence-electron chi connectivity index (χ1n) is 10.4. The molecule has 1 heterocycles. The van der Waals surface area contributed by atoms with Crippen LogP contribution in [0.1, 0.15) is 25.8 Å². The van der Waals surface area contributed by atoms with E-state index in [0.29, 0.717) is 0 Å². The summed E-state index contributed by atoms with van der Waals surface area (Å²) in [5.74, 6) is 0.947. The summed E-state index contributed by atoms with van der Waals surface area (Å²) in [6, 6.07) is 5.37. The first kappa shape index (κ1) is 24.0. The molecule has 168 valence electrons. The van der Waals surface area contributed by atoms with Gasteiger partial charge in [-0.3, -0.25) is 14.6 Å². The van der Waals surface area contributed by atoms with E-state index < -0.39 is 12.0 Å². The molecule has 0 radical (unpaired) electrons. The van der Waals surface area contributed by atoms with Gasteiger partial charge in [-0.05, 0) is 23.6 Å². The Morgan fingerprint density at radius 1 is 1.03 bits per heavy atom. The average molecular weight is 422 g/mol. The van der Waals surface area contributed by atoms with Gasteiger partial charge >= 0.3 is 5.97 Å². The SMILES string of the molecule is CC[C@H](C)[C@H](NC(=O)CN1CCN(Cc2ccc(OC)c(OC)c2)CC1)C(=O)OC. The fraction of sp³-hybridized carbons (Fsp3) is 0.636. The number of benzene rings is 1. The molecule has 0 spiro atoms. The Morgan fingerprint density at radius 3 is 2.23 bits per heavy atom. The third kappa shape index (κ3) is 6.60. The largest absolute Gasteiger partial charge is 0.493 e. The fourth-order valence-corrected chi connectivity index (χ4v) is 3.56. The summed E-state index contributed by atoms with van der Waals surface area (Å²) in [6.07, 6.45) is 0.787. The molecule has 0 saturated carbocycles. The molecule has 2 atom stereocenters. The normalized spacial score (nSPS) is 17.1. The molecule has 0 unspecified atom stereocenters. The number of methoxy groups -OCH3 is 3. The molecule has 1 aliphatic heterocycles. The first-order valence-corrected chi connectivity index (χ1v) is 10.4. The van der Waals surface area contributed by atoms with Crippen molar-refractivity contribution in [2.24, 2.45) is 5.92 Å². The maximum atomic E-state index is 12.5. The number of carbonyl (C=O) groups excluding carboxylic acids is 2. The number of hydrogen-bond donors (Lipinski definition) is 1. The molecule has 1 aliphatic rings. The third-order valence-electron chi connectivity index (χ3n) is 5.67. The molecule has 2 rings (SSSR count). The van der Waals surface area contributed by atoms with Crippen LogP contribution in [-0.4, -0.2) is 81.8 Å². The molecule has 1 N–H and O–H groups in total. The van der Waals surface area contributed by atoms with Gasteiger partial charge in [-0.1, -0.05) is 26.3 Å². The summed E-state index contributed by atoms with van der Waals surface area (Å²) in [5, 5.41) is 2.85. The van der Waals surface area contributed by atoms with E-state index in [1.165, 1.54) is 7.11 Å². The van der Waals surface area contributed by atoms with Gasteiger partial charge in [0.1, 0.15) is 6.04 Å². The molecule has 1 amide bonds. The Hall–Kier alpha value is -2.32. The quantitative estimate of drug-likeness (QED) is 0.574. The Morgan fingerprint density at radius 2 is 1.67 bits per heavy atom. The maximum Gasteiger partial charge on any atom is 0.328 e. The van der Waals surface area contributed by atoms with Crippen molar-refractivity contribution < 1.29 is 23.8 Å². The van der Waals surface area contributed by atoms with Crippen LogP contribution in [0.4, 0.5) is 0 Å². The zero-order valence-corrected chi connectivity index (χ0v) is 18.8. The van der Waals surface area contributed by atoms with E-state index in [4.69, 9.17) is 14.2 Å². The lowest BCUT2D eigenvalue weighted by Crippen LogP contribution is -2.52. The topological polar surface area (TPSA) is 80.3 Å². The second kappa shape index (κ2) is 11.8. The fourth-order valence-electron chi connectivity index (χ4n) is 3.56. The Kier molecular flexibility index (Phi) is 9.39. The summed E-state index contributed by atoms with van der Waals surface area (Å²) in [4.78, 5) is 28.9. The number of rotatable bonds is 10. The van der Waals surface area contributed by atoms with Gasteiger partial charge in [-0.2, -0.15) is 0 Å². The van der Waals surface area contributed by atoms with E-state index in [0.717, 1.165) is 56.2 Å². The molecular weight excluding hydrogens is 386 g/mol. The smallest absolute Gasteiger partial charge is 0.328 e. The summed E-state index contributed by atoms with van der Waals surface area (Å²) in [5.41, 5.74) is 1.16. The molecule has 0 bridgehead atoms. The van der Waals surface area contributed by atoms with Gasteiger partial charge in [0, 0.05) is 32.7 Å². The lowest BCUT2D eigenvalue weighted by Gasteiger charge is -2.34. The molecule has 8 heteroatoms. The molecule has 1 saturated heterocycles. The lowest BCUT2D eigenvalue weighted by atomic mass is 9.99. The van der Waals surface area contributed by atoms with E-state index in [1.54, 1.807) is 14.2 Å². The van der Waals surface area contributed by atoms with Crippen molar-refractivity contribution in [2.45, 2.75) is 32.9 Å². The highest BCUT2D eigenvalue weighted by molar-refractivity contribution is 5.85. The Labute approximate surface area is 179 Å². The first-order chi connectivity index (χ1) is 14.4. The number of amides is 1. The average Bonchev–Trinajstić information content (AvgIpc) is 2.77. The summed E-state index contributed by atoms with van der Waals surface area (Å²) in [6.45, 7) is 8.37. The monoisotopic (exact) mass is 421 g/mol. The molecule has 30 heavy (non-hydrogen) atoms. The number of piperazine rings is 1. The van der Waals surface area contributed by atoms with E-state index in [9.17, 15) is 9.59 Å². The lowest BCUT2D eigenvalue weighted by molar-refractivity contribution is -0.146. The van der Waals surface area contributed by atoms with Gasteiger partial charge in [0.05, 0.1) is 27.9 Å². The molecule has 1 aromatic rings. The van der Waals surface area contributed by atoms with Gasteiger partial charge in [0.25, 0.3) is 0 Å². The minimum Gasteiger partial charge on any atom is -0.493 e. The molecule has 1 aromatic carbocycles. The molecule has 0 aromatic heterocycles. The summed E-state index contributed by atoms with van der Waals surface area (Å²) >= 11 is 0.